The summed E-state index contributed by atoms with van der Waals surface area (Å²) in [7, 11) is 2.22. The van der Waals surface area contributed by atoms with Crippen LogP contribution in [-0.4, -0.2) is 48.6 Å². The Balaban J connectivity index is 1.92. The van der Waals surface area contributed by atoms with Crippen LogP contribution in [0.2, 0.25) is 0 Å². The van der Waals surface area contributed by atoms with Crippen molar-refractivity contribution in [2.24, 2.45) is 5.73 Å². The average Bonchev–Trinajstić information content (AvgIpc) is 2.88. The van der Waals surface area contributed by atoms with Crippen molar-refractivity contribution in [1.29, 1.82) is 0 Å². The van der Waals surface area contributed by atoms with Gasteiger partial charge in [-0.15, -0.1) is 11.3 Å². The van der Waals surface area contributed by atoms with Crippen molar-refractivity contribution in [2.75, 3.05) is 33.2 Å². The Bertz CT molecular complexity index is 619. The average molecular weight is 303 g/mol. The number of thiophene rings is 1. The van der Waals surface area contributed by atoms with Crippen LogP contribution in [0.1, 0.15) is 25.5 Å². The van der Waals surface area contributed by atoms with Crippen LogP contribution in [0, 0.1) is 0 Å². The summed E-state index contributed by atoms with van der Waals surface area (Å²) in [5.74, 6) is 0. The minimum atomic E-state index is 0.206. The zero-order valence-electron chi connectivity index (χ0n) is 13.2. The highest BCUT2D eigenvalue weighted by Gasteiger charge is 2.34. The number of benzene rings is 1. The lowest BCUT2D eigenvalue weighted by molar-refractivity contribution is 0.0184. The van der Waals surface area contributed by atoms with Crippen molar-refractivity contribution in [3.8, 4) is 0 Å². The first kappa shape index (κ1) is 15.0. The van der Waals surface area contributed by atoms with Gasteiger partial charge in [0.25, 0.3) is 0 Å². The second-order valence-electron chi connectivity index (χ2n) is 6.64. The third-order valence-electron chi connectivity index (χ3n) is 4.88. The Hall–Kier alpha value is -0.940. The summed E-state index contributed by atoms with van der Waals surface area (Å²) in [6, 6.07) is 8.99. The predicted octanol–water partition coefficient (Wildman–Crippen LogP) is 2.93. The maximum Gasteiger partial charge on any atom is 0.0486 e. The van der Waals surface area contributed by atoms with E-state index in [1.54, 1.807) is 0 Å². The SMILES string of the molecule is CN1CCN(C(CN)c2csc3ccccc23)CC1(C)C. The molecule has 3 nitrogen and oxygen atoms in total. The van der Waals surface area contributed by atoms with Gasteiger partial charge in [-0.25, -0.2) is 0 Å². The van der Waals surface area contributed by atoms with E-state index in [0.717, 1.165) is 19.6 Å². The number of hydrogen-bond donors (Lipinski definition) is 1. The van der Waals surface area contributed by atoms with E-state index in [9.17, 15) is 0 Å². The van der Waals surface area contributed by atoms with E-state index in [-0.39, 0.29) is 5.54 Å². The van der Waals surface area contributed by atoms with Crippen LogP contribution >= 0.6 is 11.3 Å². The van der Waals surface area contributed by atoms with Crippen LogP contribution < -0.4 is 5.73 Å². The van der Waals surface area contributed by atoms with Gasteiger partial charge in [-0.3, -0.25) is 9.80 Å². The van der Waals surface area contributed by atoms with Crippen molar-refractivity contribution in [3.05, 3.63) is 35.2 Å². The van der Waals surface area contributed by atoms with E-state index in [4.69, 9.17) is 5.73 Å². The van der Waals surface area contributed by atoms with Gasteiger partial charge < -0.3 is 5.73 Å². The number of piperazine rings is 1. The molecule has 0 amide bonds. The van der Waals surface area contributed by atoms with Crippen molar-refractivity contribution >= 4 is 21.4 Å². The molecule has 114 valence electrons. The molecule has 2 aromatic rings. The molecule has 1 aromatic carbocycles. The zero-order valence-corrected chi connectivity index (χ0v) is 14.0. The Morgan fingerprint density at radius 1 is 1.29 bits per heavy atom. The lowest BCUT2D eigenvalue weighted by atomic mass is 9.96. The topological polar surface area (TPSA) is 32.5 Å². The van der Waals surface area contributed by atoms with Crippen LogP contribution in [-0.2, 0) is 0 Å². The van der Waals surface area contributed by atoms with Gasteiger partial charge in [-0.2, -0.15) is 0 Å². The molecular weight excluding hydrogens is 278 g/mol. The molecule has 21 heavy (non-hydrogen) atoms. The number of nitrogens with zero attached hydrogens (tertiary/aromatic N) is 2. The normalized spacial score (nSPS) is 21.7. The van der Waals surface area contributed by atoms with E-state index in [1.165, 1.54) is 15.6 Å². The lowest BCUT2D eigenvalue weighted by Crippen LogP contribution is -2.58. The highest BCUT2D eigenvalue weighted by molar-refractivity contribution is 7.17. The first-order valence-electron chi connectivity index (χ1n) is 7.64. The van der Waals surface area contributed by atoms with Gasteiger partial charge in [-0.05, 0) is 43.3 Å². The molecule has 0 spiro atoms. The van der Waals surface area contributed by atoms with Crippen molar-refractivity contribution < 1.29 is 0 Å². The van der Waals surface area contributed by atoms with Gasteiger partial charge in [0.1, 0.15) is 0 Å². The molecule has 0 saturated carbocycles. The second-order valence-corrected chi connectivity index (χ2v) is 7.55. The second kappa shape index (κ2) is 5.69. The van der Waals surface area contributed by atoms with Gasteiger partial charge in [-0.1, -0.05) is 18.2 Å². The van der Waals surface area contributed by atoms with Gasteiger partial charge in [0.2, 0.25) is 0 Å². The molecule has 1 saturated heterocycles. The lowest BCUT2D eigenvalue weighted by Gasteiger charge is -2.47. The van der Waals surface area contributed by atoms with E-state index in [0.29, 0.717) is 12.6 Å². The minimum Gasteiger partial charge on any atom is -0.329 e. The number of fused-ring (bicyclic) bond motifs is 1. The molecule has 2 heterocycles. The van der Waals surface area contributed by atoms with Gasteiger partial charge in [0, 0.05) is 42.5 Å². The third-order valence-corrected chi connectivity index (χ3v) is 5.86. The fraction of sp³-hybridized carbons (Fsp3) is 0.529. The van der Waals surface area contributed by atoms with E-state index in [1.807, 2.05) is 11.3 Å². The van der Waals surface area contributed by atoms with E-state index in [2.05, 4.69) is 60.3 Å². The maximum atomic E-state index is 6.16. The molecule has 2 N–H and O–H groups in total. The molecule has 1 aromatic heterocycles. The van der Waals surface area contributed by atoms with Crippen LogP contribution in [0.15, 0.2) is 29.6 Å². The summed E-state index contributed by atoms with van der Waals surface area (Å²) in [5.41, 5.74) is 7.77. The van der Waals surface area contributed by atoms with Crippen LogP contribution in [0.25, 0.3) is 10.1 Å². The molecule has 0 bridgehead atoms. The fourth-order valence-electron chi connectivity index (χ4n) is 3.27. The summed E-state index contributed by atoms with van der Waals surface area (Å²) in [4.78, 5) is 5.01. The number of rotatable bonds is 3. The monoisotopic (exact) mass is 303 g/mol. The quantitative estimate of drug-likeness (QED) is 0.946. The molecule has 0 aliphatic carbocycles. The molecule has 3 rings (SSSR count). The molecule has 1 aliphatic rings. The smallest absolute Gasteiger partial charge is 0.0486 e. The van der Waals surface area contributed by atoms with Gasteiger partial charge >= 0.3 is 0 Å². The molecule has 1 atom stereocenters. The highest BCUT2D eigenvalue weighted by Crippen LogP contribution is 2.34. The molecular formula is C17H25N3S. The number of hydrogen-bond acceptors (Lipinski definition) is 4. The summed E-state index contributed by atoms with van der Waals surface area (Å²) in [6.45, 7) is 8.57. The highest BCUT2D eigenvalue weighted by atomic mass is 32.1. The zero-order chi connectivity index (χ0) is 15.0. The summed E-state index contributed by atoms with van der Waals surface area (Å²) in [6.07, 6.45) is 0. The number of nitrogens with two attached hydrogens (primary N) is 1. The van der Waals surface area contributed by atoms with Crippen LogP contribution in [0.3, 0.4) is 0 Å². The summed E-state index contributed by atoms with van der Waals surface area (Å²) >= 11 is 1.83. The Morgan fingerprint density at radius 2 is 2.05 bits per heavy atom. The van der Waals surface area contributed by atoms with Crippen molar-refractivity contribution in [1.82, 2.24) is 9.80 Å². The van der Waals surface area contributed by atoms with Crippen molar-refractivity contribution in [3.63, 3.8) is 0 Å². The summed E-state index contributed by atoms with van der Waals surface area (Å²) in [5, 5.41) is 3.67. The van der Waals surface area contributed by atoms with Crippen LogP contribution in [0.5, 0.6) is 0 Å². The number of likely N-dealkylation sites (N-methyl/N-ethyl adjacent to an activating group) is 1. The molecule has 0 radical (unpaired) electrons. The Kier molecular flexibility index (Phi) is 4.06. The van der Waals surface area contributed by atoms with Gasteiger partial charge in [0.15, 0.2) is 0 Å². The van der Waals surface area contributed by atoms with Gasteiger partial charge in [0.05, 0.1) is 0 Å². The first-order valence-corrected chi connectivity index (χ1v) is 8.52. The fourth-order valence-corrected chi connectivity index (χ4v) is 4.28. The minimum absolute atomic E-state index is 0.206. The largest absolute Gasteiger partial charge is 0.329 e. The van der Waals surface area contributed by atoms with E-state index < -0.39 is 0 Å². The molecule has 1 unspecified atom stereocenters. The summed E-state index contributed by atoms with van der Waals surface area (Å²) < 4.78 is 1.36. The first-order chi connectivity index (χ1) is 10.0. The van der Waals surface area contributed by atoms with E-state index >= 15 is 0 Å². The molecule has 4 heteroatoms. The standard InChI is InChI=1S/C17H25N3S/c1-17(2)12-20(9-8-19(17)3)15(10-18)14-11-21-16-7-5-4-6-13(14)16/h4-7,11,15H,8-10,12,18H2,1-3H3. The Morgan fingerprint density at radius 3 is 2.76 bits per heavy atom. The molecule has 1 aliphatic heterocycles. The van der Waals surface area contributed by atoms with Crippen molar-refractivity contribution in [2.45, 2.75) is 25.4 Å². The third kappa shape index (κ3) is 2.73. The maximum absolute atomic E-state index is 6.16. The van der Waals surface area contributed by atoms with Crippen LogP contribution in [0.4, 0.5) is 0 Å². The Labute approximate surface area is 131 Å². The predicted molar refractivity (Wildman–Crippen MR) is 91.9 cm³/mol. The molecule has 1 fully saturated rings.